The van der Waals surface area contributed by atoms with Crippen LogP contribution in [0, 0.1) is 5.82 Å². The van der Waals surface area contributed by atoms with E-state index in [0.717, 1.165) is 0 Å². The second kappa shape index (κ2) is 10.5. The number of likely N-dealkylation sites (tertiary alicyclic amines) is 1. The number of benzene rings is 1. The topological polar surface area (TPSA) is 109 Å². The highest BCUT2D eigenvalue weighted by Crippen LogP contribution is 2.40. The predicted octanol–water partition coefficient (Wildman–Crippen LogP) is 3.78. The van der Waals surface area contributed by atoms with Gasteiger partial charge in [-0.3, -0.25) is 9.69 Å². The van der Waals surface area contributed by atoms with Gasteiger partial charge in [0.15, 0.2) is 16.0 Å². The molecule has 0 unspecified atom stereocenters. The molecule has 2 aromatic heterocycles. The lowest BCUT2D eigenvalue weighted by molar-refractivity contribution is -0.137. The Labute approximate surface area is 229 Å². The number of alkyl halides is 2. The lowest BCUT2D eigenvalue weighted by Gasteiger charge is -2.36. The SMILES string of the molecule is COC(=O)C1=C(CN2CC(F)(F)C[C@H]2C(=O)Nc2nccs2)NC(c2nccs2)=N[C@@]1(C)c1ccc(F)cc1. The minimum Gasteiger partial charge on any atom is -0.466 e. The average Bonchev–Trinajstić information content (AvgIpc) is 3.66. The number of nitrogens with zero attached hydrogens (tertiary/aromatic N) is 4. The third-order valence-electron chi connectivity index (χ3n) is 6.52. The predicted molar refractivity (Wildman–Crippen MR) is 140 cm³/mol. The molecule has 0 spiro atoms. The van der Waals surface area contributed by atoms with Crippen molar-refractivity contribution >= 4 is 45.5 Å². The Kier molecular flexibility index (Phi) is 7.27. The molecule has 2 aliphatic heterocycles. The van der Waals surface area contributed by atoms with Crippen LogP contribution in [-0.4, -0.2) is 64.7 Å². The van der Waals surface area contributed by atoms with E-state index < -0.39 is 48.2 Å². The molecule has 2 atom stereocenters. The lowest BCUT2D eigenvalue weighted by Crippen LogP contribution is -2.47. The van der Waals surface area contributed by atoms with Crippen LogP contribution in [-0.2, 0) is 19.9 Å². The van der Waals surface area contributed by atoms with Gasteiger partial charge in [-0.25, -0.2) is 32.9 Å². The first kappa shape index (κ1) is 27.0. The Hall–Kier alpha value is -3.62. The summed E-state index contributed by atoms with van der Waals surface area (Å²) in [6, 6.07) is 4.29. The lowest BCUT2D eigenvalue weighted by atomic mass is 9.82. The van der Waals surface area contributed by atoms with Crippen LogP contribution >= 0.6 is 22.7 Å². The van der Waals surface area contributed by atoms with Gasteiger partial charge in [-0.05, 0) is 24.6 Å². The van der Waals surface area contributed by atoms with Crippen LogP contribution in [0.4, 0.5) is 18.3 Å². The summed E-state index contributed by atoms with van der Waals surface area (Å²) in [5.41, 5.74) is -0.643. The second-order valence-electron chi connectivity index (χ2n) is 9.15. The molecule has 39 heavy (non-hydrogen) atoms. The molecule has 1 aromatic carbocycles. The number of halogens is 3. The van der Waals surface area contributed by atoms with Crippen molar-refractivity contribution in [2.24, 2.45) is 4.99 Å². The van der Waals surface area contributed by atoms with Gasteiger partial charge in [-0.15, -0.1) is 22.7 Å². The number of amidine groups is 1. The second-order valence-corrected chi connectivity index (χ2v) is 10.9. The first-order valence-electron chi connectivity index (χ1n) is 11.8. The van der Waals surface area contributed by atoms with E-state index in [9.17, 15) is 22.8 Å². The van der Waals surface area contributed by atoms with Crippen LogP contribution in [0.25, 0.3) is 0 Å². The van der Waals surface area contributed by atoms with Crippen molar-refractivity contribution in [1.29, 1.82) is 0 Å². The van der Waals surface area contributed by atoms with Gasteiger partial charge in [-0.1, -0.05) is 12.1 Å². The van der Waals surface area contributed by atoms with E-state index in [1.807, 2.05) is 0 Å². The molecule has 5 rings (SSSR count). The number of rotatable bonds is 7. The molecule has 2 aliphatic rings. The van der Waals surface area contributed by atoms with Crippen molar-refractivity contribution in [2.75, 3.05) is 25.5 Å². The fraction of sp³-hybridized carbons (Fsp3) is 0.320. The number of aliphatic imine (C=N–C) groups is 1. The van der Waals surface area contributed by atoms with E-state index in [0.29, 0.717) is 21.5 Å². The van der Waals surface area contributed by atoms with Crippen LogP contribution < -0.4 is 10.6 Å². The van der Waals surface area contributed by atoms with Gasteiger partial charge in [0.1, 0.15) is 11.4 Å². The van der Waals surface area contributed by atoms with Gasteiger partial charge >= 0.3 is 5.97 Å². The van der Waals surface area contributed by atoms with Crippen LogP contribution in [0.15, 0.2) is 63.7 Å². The van der Waals surface area contributed by atoms with Gasteiger partial charge in [0, 0.05) is 41.8 Å². The molecule has 204 valence electrons. The molecular formula is C25H23F3N6O3S2. The highest BCUT2D eigenvalue weighted by Gasteiger charge is 2.50. The third-order valence-corrected chi connectivity index (χ3v) is 7.99. The molecule has 1 fully saturated rings. The first-order valence-corrected chi connectivity index (χ1v) is 13.5. The molecule has 0 aliphatic carbocycles. The zero-order chi connectivity index (χ0) is 27.8. The number of amides is 1. The van der Waals surface area contributed by atoms with E-state index in [2.05, 4.69) is 20.6 Å². The summed E-state index contributed by atoms with van der Waals surface area (Å²) in [4.78, 5) is 40.7. The first-order chi connectivity index (χ1) is 18.6. The van der Waals surface area contributed by atoms with Crippen molar-refractivity contribution in [2.45, 2.75) is 30.8 Å². The third kappa shape index (κ3) is 5.44. The average molecular weight is 577 g/mol. The van der Waals surface area contributed by atoms with Gasteiger partial charge in [-0.2, -0.15) is 0 Å². The Morgan fingerprint density at radius 2 is 1.90 bits per heavy atom. The molecule has 3 aromatic rings. The molecule has 14 heteroatoms. The summed E-state index contributed by atoms with van der Waals surface area (Å²) in [6.07, 6.45) is 2.38. The monoisotopic (exact) mass is 576 g/mol. The summed E-state index contributed by atoms with van der Waals surface area (Å²) in [6.45, 7) is 0.725. The maximum Gasteiger partial charge on any atom is 0.338 e. The molecule has 0 radical (unpaired) electrons. The highest BCUT2D eigenvalue weighted by molar-refractivity contribution is 7.13. The Morgan fingerprint density at radius 3 is 2.54 bits per heavy atom. The number of carbonyl (C=O) groups is 2. The normalized spacial score (nSPS) is 22.8. The van der Waals surface area contributed by atoms with Crippen molar-refractivity contribution in [3.8, 4) is 0 Å². The molecular weight excluding hydrogens is 553 g/mol. The van der Waals surface area contributed by atoms with E-state index in [-0.39, 0.29) is 17.8 Å². The number of hydrogen-bond acceptors (Lipinski definition) is 10. The molecule has 9 nitrogen and oxygen atoms in total. The zero-order valence-corrected chi connectivity index (χ0v) is 22.4. The van der Waals surface area contributed by atoms with Gasteiger partial charge < -0.3 is 15.4 Å². The minimum absolute atomic E-state index is 0.0474. The Morgan fingerprint density at radius 1 is 1.18 bits per heavy atom. The quantitative estimate of drug-likeness (QED) is 0.412. The number of esters is 1. The van der Waals surface area contributed by atoms with Crippen LogP contribution in [0.3, 0.4) is 0 Å². The van der Waals surface area contributed by atoms with Crippen molar-refractivity contribution in [1.82, 2.24) is 20.2 Å². The van der Waals surface area contributed by atoms with Crippen molar-refractivity contribution in [3.05, 3.63) is 75.1 Å². The molecule has 0 saturated carbocycles. The molecule has 1 saturated heterocycles. The summed E-state index contributed by atoms with van der Waals surface area (Å²) >= 11 is 2.46. The van der Waals surface area contributed by atoms with E-state index >= 15 is 0 Å². The maximum absolute atomic E-state index is 14.7. The number of nitrogens with one attached hydrogen (secondary N) is 2. The summed E-state index contributed by atoms with van der Waals surface area (Å²) in [5.74, 6) is -4.70. The van der Waals surface area contributed by atoms with Crippen LogP contribution in [0.5, 0.6) is 0 Å². The number of carbonyl (C=O) groups excluding carboxylic acids is 2. The van der Waals surface area contributed by atoms with Crippen LogP contribution in [0.2, 0.25) is 0 Å². The fourth-order valence-corrected chi connectivity index (χ4v) is 5.87. The zero-order valence-electron chi connectivity index (χ0n) is 20.8. The van der Waals surface area contributed by atoms with Gasteiger partial charge in [0.25, 0.3) is 5.92 Å². The Balaban J connectivity index is 1.58. The Bertz CT molecular complexity index is 1430. The number of anilines is 1. The number of aromatic nitrogens is 2. The molecule has 0 bridgehead atoms. The van der Waals surface area contributed by atoms with E-state index in [1.54, 1.807) is 23.9 Å². The van der Waals surface area contributed by atoms with E-state index in [4.69, 9.17) is 9.73 Å². The van der Waals surface area contributed by atoms with Crippen molar-refractivity contribution < 1.29 is 27.5 Å². The van der Waals surface area contributed by atoms with Crippen LogP contribution in [0.1, 0.15) is 23.9 Å². The minimum atomic E-state index is -3.14. The number of methoxy groups -OCH3 is 1. The van der Waals surface area contributed by atoms with E-state index in [1.165, 1.54) is 65.1 Å². The number of hydrogen-bond donors (Lipinski definition) is 2. The maximum atomic E-state index is 14.7. The standard InChI is InChI=1S/C25H23F3N6O3S2/c1-24(14-3-5-15(26)6-4-14)18(22(36)37-2)16(31-19(33-24)21-29-7-9-38-21)12-34-13-25(27,28)11-17(34)20(35)32-23-30-8-10-39-23/h3-10,17H,11-13H2,1-2H3,(H,31,33)(H,30,32,35)/t17-,24-/m0/s1. The smallest absolute Gasteiger partial charge is 0.338 e. The number of ether oxygens (including phenoxy) is 1. The van der Waals surface area contributed by atoms with Gasteiger partial charge in [0.05, 0.1) is 25.3 Å². The fourth-order valence-electron chi connectivity index (χ4n) is 4.76. The summed E-state index contributed by atoms with van der Waals surface area (Å²) < 4.78 is 48.3. The van der Waals surface area contributed by atoms with Crippen molar-refractivity contribution in [3.63, 3.8) is 0 Å². The highest BCUT2D eigenvalue weighted by atomic mass is 32.1. The molecule has 4 heterocycles. The number of thiazole rings is 2. The largest absolute Gasteiger partial charge is 0.466 e. The molecule has 2 N–H and O–H groups in total. The van der Waals surface area contributed by atoms with Gasteiger partial charge in [0.2, 0.25) is 5.91 Å². The summed E-state index contributed by atoms with van der Waals surface area (Å²) in [7, 11) is 1.20. The molecule has 1 amide bonds. The summed E-state index contributed by atoms with van der Waals surface area (Å²) in [5, 5.41) is 9.87.